The quantitative estimate of drug-likeness (QED) is 0.432. The highest BCUT2D eigenvalue weighted by Crippen LogP contribution is 2.46. The fourth-order valence-corrected chi connectivity index (χ4v) is 3.00. The summed E-state index contributed by atoms with van der Waals surface area (Å²) in [6, 6.07) is 0. The van der Waals surface area contributed by atoms with Gasteiger partial charge in [-0.3, -0.25) is 14.9 Å². The van der Waals surface area contributed by atoms with E-state index in [0.29, 0.717) is 11.8 Å². The number of nitrogens with one attached hydrogen (secondary N) is 1. The average Bonchev–Trinajstić information content (AvgIpc) is 2.47. The van der Waals surface area contributed by atoms with Gasteiger partial charge in [0.25, 0.3) is 0 Å². The van der Waals surface area contributed by atoms with E-state index in [0.717, 1.165) is 12.8 Å². The molecule has 0 aromatic rings. The van der Waals surface area contributed by atoms with Crippen molar-refractivity contribution in [3.63, 3.8) is 0 Å². The molecule has 1 N–H and O–H groups in total. The maximum atomic E-state index is 11.4. The number of hydrogen-bond donors (Lipinski definition) is 1. The Morgan fingerprint density at radius 3 is 1.85 bits per heavy atom. The van der Waals surface area contributed by atoms with Crippen LogP contribution in [0.4, 0.5) is 0 Å². The summed E-state index contributed by atoms with van der Waals surface area (Å²) < 4.78 is 0. The van der Waals surface area contributed by atoms with Gasteiger partial charge in [0.15, 0.2) is 0 Å². The van der Waals surface area contributed by atoms with Gasteiger partial charge in [-0.1, -0.05) is 12.2 Å². The van der Waals surface area contributed by atoms with E-state index in [4.69, 9.17) is 0 Å². The standard InChI is InChI=1S/C10H11NO2/c12-9-7-5-1-2-6(4-3-5)8(7)10(13)11-9/h1-2,5-8H,3-4H2,(H,11,12,13)/t5-,6-,7-,8+/m0/s1. The molecule has 2 amide bonds. The van der Waals surface area contributed by atoms with E-state index in [-0.39, 0.29) is 23.7 Å². The number of hydrogen-bond acceptors (Lipinski definition) is 2. The van der Waals surface area contributed by atoms with Gasteiger partial charge in [-0.15, -0.1) is 0 Å². The second-order valence-electron chi connectivity index (χ2n) is 4.20. The SMILES string of the molecule is O=C1NC(=O)[C@H]2[C@@H]1[C@H]1C=C[C@H]2CC1. The van der Waals surface area contributed by atoms with E-state index in [2.05, 4.69) is 17.5 Å². The molecule has 4 aliphatic rings. The van der Waals surface area contributed by atoms with Crippen LogP contribution in [0.25, 0.3) is 0 Å². The van der Waals surface area contributed by atoms with Gasteiger partial charge in [0.2, 0.25) is 11.8 Å². The van der Waals surface area contributed by atoms with Crippen LogP contribution in [0.5, 0.6) is 0 Å². The van der Waals surface area contributed by atoms with Gasteiger partial charge in [-0.2, -0.15) is 0 Å². The van der Waals surface area contributed by atoms with Gasteiger partial charge in [0.05, 0.1) is 11.8 Å². The second kappa shape index (κ2) is 2.22. The zero-order chi connectivity index (χ0) is 9.00. The summed E-state index contributed by atoms with van der Waals surface area (Å²) in [5.74, 6) is 0.457. The van der Waals surface area contributed by atoms with Crippen molar-refractivity contribution in [1.82, 2.24) is 5.32 Å². The first kappa shape index (κ1) is 7.30. The lowest BCUT2D eigenvalue weighted by Crippen LogP contribution is -2.38. The largest absolute Gasteiger partial charge is 0.296 e. The van der Waals surface area contributed by atoms with E-state index in [1.54, 1.807) is 0 Å². The molecule has 4 rings (SSSR count). The minimum Gasteiger partial charge on any atom is -0.296 e. The molecule has 1 aliphatic heterocycles. The van der Waals surface area contributed by atoms with Crippen LogP contribution in [0.15, 0.2) is 12.2 Å². The lowest BCUT2D eigenvalue weighted by molar-refractivity contribution is -0.126. The Bertz CT molecular complexity index is 291. The first-order valence-corrected chi connectivity index (χ1v) is 4.80. The summed E-state index contributed by atoms with van der Waals surface area (Å²) in [5.41, 5.74) is 0. The van der Waals surface area contributed by atoms with Crippen molar-refractivity contribution >= 4 is 11.8 Å². The van der Waals surface area contributed by atoms with E-state index in [1.165, 1.54) is 0 Å². The fourth-order valence-electron chi connectivity index (χ4n) is 3.00. The Morgan fingerprint density at radius 1 is 1.00 bits per heavy atom. The second-order valence-corrected chi connectivity index (χ2v) is 4.20. The Balaban J connectivity index is 2.07. The molecule has 1 heterocycles. The fraction of sp³-hybridized carbons (Fsp3) is 0.600. The van der Waals surface area contributed by atoms with Gasteiger partial charge in [0, 0.05) is 0 Å². The minimum absolute atomic E-state index is 0.0451. The van der Waals surface area contributed by atoms with Crippen molar-refractivity contribution in [3.05, 3.63) is 12.2 Å². The minimum atomic E-state index is -0.0472. The zero-order valence-corrected chi connectivity index (χ0v) is 7.19. The van der Waals surface area contributed by atoms with E-state index >= 15 is 0 Å². The monoisotopic (exact) mass is 177 g/mol. The molecule has 0 aromatic heterocycles. The molecule has 0 unspecified atom stereocenters. The lowest BCUT2D eigenvalue weighted by Gasteiger charge is -2.38. The van der Waals surface area contributed by atoms with Crippen molar-refractivity contribution in [2.24, 2.45) is 23.7 Å². The van der Waals surface area contributed by atoms with Gasteiger partial charge < -0.3 is 0 Å². The van der Waals surface area contributed by atoms with Crippen molar-refractivity contribution in [2.45, 2.75) is 12.8 Å². The highest BCUT2D eigenvalue weighted by molar-refractivity contribution is 6.05. The predicted octanol–water partition coefficient (Wildman–Crippen LogP) is 0.471. The van der Waals surface area contributed by atoms with Crippen LogP contribution < -0.4 is 5.32 Å². The van der Waals surface area contributed by atoms with Crippen molar-refractivity contribution in [3.8, 4) is 0 Å². The number of carbonyl (C=O) groups is 2. The molecule has 1 saturated heterocycles. The molecule has 3 aliphatic carbocycles. The third-order valence-corrected chi connectivity index (χ3v) is 3.60. The van der Waals surface area contributed by atoms with E-state index in [1.807, 2.05) is 0 Å². The highest BCUT2D eigenvalue weighted by atomic mass is 16.2. The maximum absolute atomic E-state index is 11.4. The first-order chi connectivity index (χ1) is 6.27. The lowest BCUT2D eigenvalue weighted by atomic mass is 9.63. The first-order valence-electron chi connectivity index (χ1n) is 4.80. The van der Waals surface area contributed by atoms with Gasteiger partial charge in [0.1, 0.15) is 0 Å². The van der Waals surface area contributed by atoms with Crippen LogP contribution in [-0.4, -0.2) is 11.8 Å². The third kappa shape index (κ3) is 0.794. The van der Waals surface area contributed by atoms with Crippen molar-refractivity contribution < 1.29 is 9.59 Å². The van der Waals surface area contributed by atoms with E-state index in [9.17, 15) is 9.59 Å². The predicted molar refractivity (Wildman–Crippen MR) is 45.5 cm³/mol. The number of fused-ring (bicyclic) bond motifs is 1. The number of amides is 2. The molecule has 2 fully saturated rings. The van der Waals surface area contributed by atoms with Crippen LogP contribution in [-0.2, 0) is 9.59 Å². The third-order valence-electron chi connectivity index (χ3n) is 3.60. The molecule has 0 radical (unpaired) electrons. The van der Waals surface area contributed by atoms with Gasteiger partial charge in [-0.25, -0.2) is 0 Å². The molecule has 13 heavy (non-hydrogen) atoms. The molecule has 3 nitrogen and oxygen atoms in total. The highest BCUT2D eigenvalue weighted by Gasteiger charge is 2.52. The maximum Gasteiger partial charge on any atom is 0.231 e. The van der Waals surface area contributed by atoms with E-state index < -0.39 is 0 Å². The Morgan fingerprint density at radius 2 is 1.46 bits per heavy atom. The molecular formula is C10H11NO2. The van der Waals surface area contributed by atoms with Crippen LogP contribution >= 0.6 is 0 Å². The Labute approximate surface area is 76.2 Å². The summed E-state index contributed by atoms with van der Waals surface area (Å²) in [4.78, 5) is 22.9. The molecule has 68 valence electrons. The summed E-state index contributed by atoms with van der Waals surface area (Å²) in [6.45, 7) is 0. The smallest absolute Gasteiger partial charge is 0.231 e. The Kier molecular flexibility index (Phi) is 1.25. The molecule has 3 heteroatoms. The Hall–Kier alpha value is -1.12. The van der Waals surface area contributed by atoms with Crippen molar-refractivity contribution in [2.75, 3.05) is 0 Å². The zero-order valence-electron chi connectivity index (χ0n) is 7.19. The summed E-state index contributed by atoms with van der Waals surface area (Å²) in [7, 11) is 0. The van der Waals surface area contributed by atoms with Crippen LogP contribution in [0.2, 0.25) is 0 Å². The summed E-state index contributed by atoms with van der Waals surface area (Å²) >= 11 is 0. The molecule has 0 aromatic carbocycles. The number of imide groups is 1. The van der Waals surface area contributed by atoms with Crippen LogP contribution in [0.3, 0.4) is 0 Å². The normalized spacial score (nSPS) is 46.5. The number of rotatable bonds is 0. The van der Waals surface area contributed by atoms with Gasteiger partial charge >= 0.3 is 0 Å². The molecule has 0 spiro atoms. The molecule has 2 bridgehead atoms. The van der Waals surface area contributed by atoms with Crippen molar-refractivity contribution in [1.29, 1.82) is 0 Å². The van der Waals surface area contributed by atoms with Crippen LogP contribution in [0.1, 0.15) is 12.8 Å². The molecule has 4 atom stereocenters. The molecular weight excluding hydrogens is 166 g/mol. The summed E-state index contributed by atoms with van der Waals surface area (Å²) in [6.07, 6.45) is 6.38. The van der Waals surface area contributed by atoms with Gasteiger partial charge in [-0.05, 0) is 24.7 Å². The average molecular weight is 177 g/mol. The summed E-state index contributed by atoms with van der Waals surface area (Å²) in [5, 5.41) is 2.44. The van der Waals surface area contributed by atoms with Crippen LogP contribution in [0, 0.1) is 23.7 Å². The number of allylic oxidation sites excluding steroid dienone is 2. The molecule has 1 saturated carbocycles. The number of carbonyl (C=O) groups excluding carboxylic acids is 2. The topological polar surface area (TPSA) is 46.2 Å².